The Morgan fingerprint density at radius 2 is 2.00 bits per heavy atom. The second kappa shape index (κ2) is 5.84. The van der Waals surface area contributed by atoms with Crippen LogP contribution in [0, 0.1) is 5.82 Å². The van der Waals surface area contributed by atoms with E-state index in [1.54, 1.807) is 6.92 Å². The van der Waals surface area contributed by atoms with Crippen LogP contribution in [-0.2, 0) is 22.1 Å². The van der Waals surface area contributed by atoms with Gasteiger partial charge in [-0.15, -0.1) is 0 Å². The molecule has 0 heterocycles. The van der Waals surface area contributed by atoms with Crippen LogP contribution in [0.1, 0.15) is 24.5 Å². The first-order valence-corrected chi connectivity index (χ1v) is 5.36. The van der Waals surface area contributed by atoms with E-state index in [4.69, 9.17) is 0 Å². The standard InChI is InChI=1S/C12H12F4O2/c1-2-18-11(17)7-6-8-9(12(14,15)16)4-3-5-10(8)13/h3-5H,2,6-7H2,1H3. The highest BCUT2D eigenvalue weighted by atomic mass is 19.4. The van der Waals surface area contributed by atoms with Crippen molar-refractivity contribution in [3.05, 3.63) is 35.1 Å². The zero-order chi connectivity index (χ0) is 13.8. The van der Waals surface area contributed by atoms with Crippen molar-refractivity contribution in [3.8, 4) is 0 Å². The van der Waals surface area contributed by atoms with Crippen molar-refractivity contribution >= 4 is 5.97 Å². The molecule has 1 aromatic carbocycles. The monoisotopic (exact) mass is 264 g/mol. The predicted octanol–water partition coefficient (Wildman–Crippen LogP) is 3.34. The summed E-state index contributed by atoms with van der Waals surface area (Å²) in [4.78, 5) is 11.1. The van der Waals surface area contributed by atoms with E-state index in [9.17, 15) is 22.4 Å². The van der Waals surface area contributed by atoms with E-state index in [-0.39, 0.29) is 19.4 Å². The molecule has 0 fully saturated rings. The molecule has 1 rings (SSSR count). The van der Waals surface area contributed by atoms with E-state index in [0.717, 1.165) is 18.2 Å². The number of esters is 1. The van der Waals surface area contributed by atoms with E-state index in [1.165, 1.54) is 0 Å². The van der Waals surface area contributed by atoms with Crippen LogP contribution in [0.3, 0.4) is 0 Å². The summed E-state index contributed by atoms with van der Waals surface area (Å²) < 4.78 is 55.8. The third-order valence-corrected chi connectivity index (χ3v) is 2.31. The normalized spacial score (nSPS) is 11.4. The van der Waals surface area contributed by atoms with Crippen molar-refractivity contribution in [2.24, 2.45) is 0 Å². The Morgan fingerprint density at radius 1 is 1.33 bits per heavy atom. The van der Waals surface area contributed by atoms with E-state index < -0.39 is 29.1 Å². The van der Waals surface area contributed by atoms with Gasteiger partial charge in [-0.2, -0.15) is 13.2 Å². The fraction of sp³-hybridized carbons (Fsp3) is 0.417. The number of carbonyl (C=O) groups excluding carboxylic acids is 1. The number of hydrogen-bond acceptors (Lipinski definition) is 2. The number of alkyl halides is 3. The van der Waals surface area contributed by atoms with Crippen LogP contribution in [0.25, 0.3) is 0 Å². The number of rotatable bonds is 4. The molecule has 18 heavy (non-hydrogen) atoms. The van der Waals surface area contributed by atoms with Crippen molar-refractivity contribution in [2.75, 3.05) is 6.61 Å². The van der Waals surface area contributed by atoms with Gasteiger partial charge in [0.1, 0.15) is 5.82 Å². The van der Waals surface area contributed by atoms with Gasteiger partial charge in [-0.3, -0.25) is 4.79 Å². The lowest BCUT2D eigenvalue weighted by molar-refractivity contribution is -0.144. The van der Waals surface area contributed by atoms with Crippen molar-refractivity contribution < 1.29 is 27.1 Å². The predicted molar refractivity (Wildman–Crippen MR) is 56.4 cm³/mol. The highest BCUT2D eigenvalue weighted by molar-refractivity contribution is 5.69. The summed E-state index contributed by atoms with van der Waals surface area (Å²) >= 11 is 0. The first-order chi connectivity index (χ1) is 8.36. The van der Waals surface area contributed by atoms with E-state index >= 15 is 0 Å². The van der Waals surface area contributed by atoms with E-state index in [2.05, 4.69) is 4.74 Å². The molecule has 0 atom stereocenters. The molecular weight excluding hydrogens is 252 g/mol. The Morgan fingerprint density at radius 3 is 2.56 bits per heavy atom. The Hall–Kier alpha value is -1.59. The fourth-order valence-electron chi connectivity index (χ4n) is 1.54. The Labute approximate surface area is 102 Å². The molecule has 0 amide bonds. The number of carbonyl (C=O) groups is 1. The molecule has 2 nitrogen and oxygen atoms in total. The summed E-state index contributed by atoms with van der Waals surface area (Å²) in [5, 5.41) is 0. The molecular formula is C12H12F4O2. The van der Waals surface area contributed by atoms with Crippen LogP contribution in [0.4, 0.5) is 17.6 Å². The number of ether oxygens (including phenoxy) is 1. The molecule has 0 saturated heterocycles. The molecule has 1 aromatic rings. The minimum absolute atomic E-state index is 0.141. The molecule has 0 aliphatic carbocycles. The fourth-order valence-corrected chi connectivity index (χ4v) is 1.54. The minimum atomic E-state index is -4.63. The smallest absolute Gasteiger partial charge is 0.416 e. The zero-order valence-electron chi connectivity index (χ0n) is 9.68. The van der Waals surface area contributed by atoms with Crippen LogP contribution in [0.5, 0.6) is 0 Å². The minimum Gasteiger partial charge on any atom is -0.466 e. The van der Waals surface area contributed by atoms with E-state index in [1.807, 2.05) is 0 Å². The molecule has 0 aromatic heterocycles. The van der Waals surface area contributed by atoms with Gasteiger partial charge in [0.25, 0.3) is 0 Å². The number of halogens is 4. The lowest BCUT2D eigenvalue weighted by atomic mass is 10.0. The van der Waals surface area contributed by atoms with Gasteiger partial charge < -0.3 is 4.74 Å². The van der Waals surface area contributed by atoms with Crippen LogP contribution in [0.15, 0.2) is 18.2 Å². The van der Waals surface area contributed by atoms with Crippen LogP contribution < -0.4 is 0 Å². The Balaban J connectivity index is 2.90. The molecule has 0 aliphatic heterocycles. The van der Waals surface area contributed by atoms with Gasteiger partial charge in [0.15, 0.2) is 0 Å². The highest BCUT2D eigenvalue weighted by Gasteiger charge is 2.34. The summed E-state index contributed by atoms with van der Waals surface area (Å²) in [5.74, 6) is -1.61. The second-order valence-electron chi connectivity index (χ2n) is 3.57. The summed E-state index contributed by atoms with van der Waals surface area (Å²) in [6, 6.07) is 2.73. The second-order valence-corrected chi connectivity index (χ2v) is 3.57. The van der Waals surface area contributed by atoms with Gasteiger partial charge in [-0.25, -0.2) is 4.39 Å². The first-order valence-electron chi connectivity index (χ1n) is 5.36. The maximum atomic E-state index is 13.4. The lowest BCUT2D eigenvalue weighted by Crippen LogP contribution is -2.13. The van der Waals surface area contributed by atoms with Crippen LogP contribution in [-0.4, -0.2) is 12.6 Å². The quantitative estimate of drug-likeness (QED) is 0.616. The lowest BCUT2D eigenvalue weighted by Gasteiger charge is -2.13. The largest absolute Gasteiger partial charge is 0.466 e. The molecule has 0 radical (unpaired) electrons. The van der Waals surface area contributed by atoms with Gasteiger partial charge >= 0.3 is 12.1 Å². The molecule has 0 bridgehead atoms. The van der Waals surface area contributed by atoms with Crippen molar-refractivity contribution in [3.63, 3.8) is 0 Å². The van der Waals surface area contributed by atoms with Gasteiger partial charge in [0.05, 0.1) is 12.2 Å². The third kappa shape index (κ3) is 3.72. The molecule has 100 valence electrons. The maximum absolute atomic E-state index is 13.4. The number of benzene rings is 1. The Bertz CT molecular complexity index is 427. The van der Waals surface area contributed by atoms with Crippen molar-refractivity contribution in [2.45, 2.75) is 25.9 Å². The molecule has 0 saturated carbocycles. The average molecular weight is 264 g/mol. The average Bonchev–Trinajstić information content (AvgIpc) is 2.26. The molecule has 6 heteroatoms. The molecule has 0 unspecified atom stereocenters. The topological polar surface area (TPSA) is 26.3 Å². The first kappa shape index (κ1) is 14.5. The van der Waals surface area contributed by atoms with Crippen LogP contribution >= 0.6 is 0 Å². The van der Waals surface area contributed by atoms with Gasteiger partial charge in [-0.05, 0) is 25.5 Å². The van der Waals surface area contributed by atoms with Crippen molar-refractivity contribution in [1.82, 2.24) is 0 Å². The summed E-state index contributed by atoms with van der Waals surface area (Å²) in [6.07, 6.45) is -5.25. The number of hydrogen-bond donors (Lipinski definition) is 0. The highest BCUT2D eigenvalue weighted by Crippen LogP contribution is 2.33. The van der Waals surface area contributed by atoms with Crippen LogP contribution in [0.2, 0.25) is 0 Å². The summed E-state index contributed by atoms with van der Waals surface area (Å²) in [7, 11) is 0. The molecule has 0 N–H and O–H groups in total. The van der Waals surface area contributed by atoms with Crippen molar-refractivity contribution in [1.29, 1.82) is 0 Å². The zero-order valence-corrected chi connectivity index (χ0v) is 9.68. The molecule has 0 spiro atoms. The van der Waals surface area contributed by atoms with E-state index in [0.29, 0.717) is 0 Å². The van der Waals surface area contributed by atoms with Gasteiger partial charge in [0, 0.05) is 12.0 Å². The summed E-state index contributed by atoms with van der Waals surface area (Å²) in [5.41, 5.74) is -1.55. The Kier molecular flexibility index (Phi) is 4.69. The van der Waals surface area contributed by atoms with Gasteiger partial charge in [0.2, 0.25) is 0 Å². The maximum Gasteiger partial charge on any atom is 0.416 e. The molecule has 0 aliphatic rings. The van der Waals surface area contributed by atoms with Gasteiger partial charge in [-0.1, -0.05) is 6.07 Å². The summed E-state index contributed by atoms with van der Waals surface area (Å²) in [6.45, 7) is 1.73. The third-order valence-electron chi connectivity index (χ3n) is 2.31. The SMILES string of the molecule is CCOC(=O)CCc1c(F)cccc1C(F)(F)F.